The molecule has 1 aliphatic heterocycles. The molecule has 0 radical (unpaired) electrons. The molecule has 1 saturated heterocycles. The van der Waals surface area contributed by atoms with Crippen molar-refractivity contribution in [3.05, 3.63) is 35.6 Å². The zero-order valence-corrected chi connectivity index (χ0v) is 13.7. The minimum Gasteiger partial charge on any atom is -0.340 e. The van der Waals surface area contributed by atoms with Gasteiger partial charge in [-0.05, 0) is 50.0 Å². The standard InChI is InChI=1S/C18H27FN2O/c1-3-4-12-21-13-6-5-7-17(21)18(22)20(2)14-15-8-10-16(19)11-9-15/h8-11,17H,3-7,12-14H2,1-2H3/t17-/m1/s1. The highest BCUT2D eigenvalue weighted by Crippen LogP contribution is 2.20. The number of nitrogens with zero attached hydrogens (tertiary/aromatic N) is 2. The van der Waals surface area contributed by atoms with Crippen molar-refractivity contribution in [2.24, 2.45) is 0 Å². The van der Waals surface area contributed by atoms with Gasteiger partial charge in [0.2, 0.25) is 5.91 Å². The second-order valence-electron chi connectivity index (χ2n) is 6.22. The average molecular weight is 306 g/mol. The van der Waals surface area contributed by atoms with Gasteiger partial charge in [-0.3, -0.25) is 9.69 Å². The van der Waals surface area contributed by atoms with Crippen LogP contribution in [0.1, 0.15) is 44.6 Å². The molecule has 4 heteroatoms. The second kappa shape index (κ2) is 8.28. The van der Waals surface area contributed by atoms with Crippen LogP contribution in [0.3, 0.4) is 0 Å². The van der Waals surface area contributed by atoms with Gasteiger partial charge in [-0.25, -0.2) is 4.39 Å². The molecule has 0 spiro atoms. The Morgan fingerprint density at radius 2 is 2.05 bits per heavy atom. The van der Waals surface area contributed by atoms with E-state index in [1.54, 1.807) is 17.0 Å². The third kappa shape index (κ3) is 4.54. The van der Waals surface area contributed by atoms with Gasteiger partial charge in [0.25, 0.3) is 0 Å². The molecule has 1 aliphatic rings. The lowest BCUT2D eigenvalue weighted by Crippen LogP contribution is -2.50. The first-order chi connectivity index (χ1) is 10.6. The fraction of sp³-hybridized carbons (Fsp3) is 0.611. The molecule has 22 heavy (non-hydrogen) atoms. The first-order valence-electron chi connectivity index (χ1n) is 8.35. The Kier molecular flexibility index (Phi) is 6.37. The van der Waals surface area contributed by atoms with E-state index in [0.717, 1.165) is 44.3 Å². The van der Waals surface area contributed by atoms with Crippen LogP contribution < -0.4 is 0 Å². The molecule has 1 fully saturated rings. The third-order valence-electron chi connectivity index (χ3n) is 4.41. The van der Waals surface area contributed by atoms with Gasteiger partial charge in [-0.1, -0.05) is 31.9 Å². The van der Waals surface area contributed by atoms with E-state index >= 15 is 0 Å². The van der Waals surface area contributed by atoms with E-state index < -0.39 is 0 Å². The van der Waals surface area contributed by atoms with Gasteiger partial charge >= 0.3 is 0 Å². The maximum absolute atomic E-state index is 13.0. The van der Waals surface area contributed by atoms with E-state index in [0.29, 0.717) is 6.54 Å². The van der Waals surface area contributed by atoms with Gasteiger partial charge in [0.15, 0.2) is 0 Å². The fourth-order valence-corrected chi connectivity index (χ4v) is 3.10. The molecule has 1 atom stereocenters. The van der Waals surface area contributed by atoms with E-state index in [1.165, 1.54) is 18.6 Å². The average Bonchev–Trinajstić information content (AvgIpc) is 2.54. The van der Waals surface area contributed by atoms with Crippen molar-refractivity contribution in [2.75, 3.05) is 20.1 Å². The first kappa shape index (κ1) is 16.9. The second-order valence-corrected chi connectivity index (χ2v) is 6.22. The fourth-order valence-electron chi connectivity index (χ4n) is 3.10. The van der Waals surface area contributed by atoms with Crippen LogP contribution in [0.5, 0.6) is 0 Å². The zero-order valence-electron chi connectivity index (χ0n) is 13.7. The highest BCUT2D eigenvalue weighted by molar-refractivity contribution is 5.81. The van der Waals surface area contributed by atoms with Crippen molar-refractivity contribution < 1.29 is 9.18 Å². The van der Waals surface area contributed by atoms with Crippen molar-refractivity contribution in [3.63, 3.8) is 0 Å². The van der Waals surface area contributed by atoms with Gasteiger partial charge in [0, 0.05) is 13.6 Å². The summed E-state index contributed by atoms with van der Waals surface area (Å²) in [4.78, 5) is 16.9. The summed E-state index contributed by atoms with van der Waals surface area (Å²) in [5.41, 5.74) is 0.966. The maximum Gasteiger partial charge on any atom is 0.239 e. The Morgan fingerprint density at radius 1 is 1.32 bits per heavy atom. The van der Waals surface area contributed by atoms with Crippen LogP contribution in [0.2, 0.25) is 0 Å². The van der Waals surface area contributed by atoms with Crippen molar-refractivity contribution >= 4 is 5.91 Å². The Balaban J connectivity index is 1.96. The summed E-state index contributed by atoms with van der Waals surface area (Å²) in [6.07, 6.45) is 5.57. The molecule has 1 amide bonds. The highest BCUT2D eigenvalue weighted by atomic mass is 19.1. The summed E-state index contributed by atoms with van der Waals surface area (Å²) in [7, 11) is 1.85. The molecule has 0 N–H and O–H groups in total. The summed E-state index contributed by atoms with van der Waals surface area (Å²) in [6, 6.07) is 6.40. The van der Waals surface area contributed by atoms with E-state index in [9.17, 15) is 9.18 Å². The highest BCUT2D eigenvalue weighted by Gasteiger charge is 2.30. The molecule has 0 saturated carbocycles. The maximum atomic E-state index is 13.0. The van der Waals surface area contributed by atoms with Gasteiger partial charge < -0.3 is 4.90 Å². The number of unbranched alkanes of at least 4 members (excludes halogenated alkanes) is 1. The number of likely N-dealkylation sites (tertiary alicyclic amines) is 1. The minimum atomic E-state index is -0.240. The molecule has 2 rings (SSSR count). The molecule has 1 heterocycles. The summed E-state index contributed by atoms with van der Waals surface area (Å²) in [5.74, 6) is -0.0455. The predicted molar refractivity (Wildman–Crippen MR) is 87.0 cm³/mol. The van der Waals surface area contributed by atoms with Crippen molar-refractivity contribution in [2.45, 2.75) is 51.6 Å². The van der Waals surface area contributed by atoms with Crippen LogP contribution in [-0.2, 0) is 11.3 Å². The van der Waals surface area contributed by atoms with Gasteiger partial charge in [-0.15, -0.1) is 0 Å². The number of rotatable bonds is 6. The zero-order chi connectivity index (χ0) is 15.9. The summed E-state index contributed by atoms with van der Waals surface area (Å²) < 4.78 is 13.0. The SMILES string of the molecule is CCCCN1CCCC[C@@H]1C(=O)N(C)Cc1ccc(F)cc1. The van der Waals surface area contributed by atoms with Gasteiger partial charge in [0.1, 0.15) is 5.82 Å². The first-order valence-corrected chi connectivity index (χ1v) is 8.35. The topological polar surface area (TPSA) is 23.6 Å². The molecule has 0 aromatic heterocycles. The molecule has 122 valence electrons. The number of hydrogen-bond acceptors (Lipinski definition) is 2. The van der Waals surface area contributed by atoms with Crippen molar-refractivity contribution in [1.82, 2.24) is 9.80 Å². The van der Waals surface area contributed by atoms with Crippen molar-refractivity contribution in [1.29, 1.82) is 0 Å². The Morgan fingerprint density at radius 3 is 2.73 bits per heavy atom. The molecule has 1 aromatic rings. The van der Waals surface area contributed by atoms with E-state index in [1.807, 2.05) is 7.05 Å². The normalized spacial score (nSPS) is 19.1. The van der Waals surface area contributed by atoms with Crippen LogP contribution in [-0.4, -0.2) is 41.9 Å². The summed E-state index contributed by atoms with van der Waals surface area (Å²) in [5, 5.41) is 0. The number of halogens is 1. The predicted octanol–water partition coefficient (Wildman–Crippen LogP) is 3.44. The van der Waals surface area contributed by atoms with E-state index in [2.05, 4.69) is 11.8 Å². The van der Waals surface area contributed by atoms with Crippen LogP contribution in [0.25, 0.3) is 0 Å². The number of benzene rings is 1. The number of carbonyl (C=O) groups is 1. The lowest BCUT2D eigenvalue weighted by Gasteiger charge is -2.36. The van der Waals surface area contributed by atoms with E-state index in [-0.39, 0.29) is 17.8 Å². The number of amides is 1. The minimum absolute atomic E-state index is 0.0192. The Hall–Kier alpha value is -1.42. The van der Waals surface area contributed by atoms with Crippen LogP contribution in [0, 0.1) is 5.82 Å². The Bertz CT molecular complexity index is 474. The summed E-state index contributed by atoms with van der Waals surface area (Å²) in [6.45, 7) is 4.76. The van der Waals surface area contributed by atoms with Crippen LogP contribution >= 0.6 is 0 Å². The van der Waals surface area contributed by atoms with E-state index in [4.69, 9.17) is 0 Å². The molecule has 3 nitrogen and oxygen atoms in total. The van der Waals surface area contributed by atoms with Gasteiger partial charge in [0.05, 0.1) is 6.04 Å². The molecule has 0 bridgehead atoms. The number of piperidine rings is 1. The molecular weight excluding hydrogens is 279 g/mol. The quantitative estimate of drug-likeness (QED) is 0.804. The lowest BCUT2D eigenvalue weighted by atomic mass is 10.00. The molecular formula is C18H27FN2O. The monoisotopic (exact) mass is 306 g/mol. The third-order valence-corrected chi connectivity index (χ3v) is 4.41. The summed E-state index contributed by atoms with van der Waals surface area (Å²) >= 11 is 0. The molecule has 0 aliphatic carbocycles. The van der Waals surface area contributed by atoms with Crippen molar-refractivity contribution in [3.8, 4) is 0 Å². The number of hydrogen-bond donors (Lipinski definition) is 0. The number of carbonyl (C=O) groups excluding carboxylic acids is 1. The number of likely N-dealkylation sites (N-methyl/N-ethyl adjacent to an activating group) is 1. The lowest BCUT2D eigenvalue weighted by molar-refractivity contribution is -0.137. The molecule has 0 unspecified atom stereocenters. The van der Waals surface area contributed by atoms with Gasteiger partial charge in [-0.2, -0.15) is 0 Å². The van der Waals surface area contributed by atoms with Crippen LogP contribution in [0.4, 0.5) is 4.39 Å². The van der Waals surface area contributed by atoms with Crippen LogP contribution in [0.15, 0.2) is 24.3 Å². The Labute approximate surface area is 133 Å². The molecule has 1 aromatic carbocycles. The smallest absolute Gasteiger partial charge is 0.239 e. The largest absolute Gasteiger partial charge is 0.340 e.